The molecule has 1 unspecified atom stereocenters. The summed E-state index contributed by atoms with van der Waals surface area (Å²) in [5.74, 6) is 1.36. The van der Waals surface area contributed by atoms with Crippen molar-refractivity contribution in [3.63, 3.8) is 0 Å². The van der Waals surface area contributed by atoms with Gasteiger partial charge in [0.15, 0.2) is 0 Å². The number of fused-ring (bicyclic) bond motifs is 1. The van der Waals surface area contributed by atoms with Crippen LogP contribution >= 0.6 is 11.3 Å². The Bertz CT molecular complexity index is 561. The van der Waals surface area contributed by atoms with E-state index in [2.05, 4.69) is 25.1 Å². The van der Waals surface area contributed by atoms with Crippen LogP contribution in [0.2, 0.25) is 0 Å². The van der Waals surface area contributed by atoms with Crippen molar-refractivity contribution in [1.82, 2.24) is 4.98 Å². The second-order valence-electron chi connectivity index (χ2n) is 5.71. The Morgan fingerprint density at radius 2 is 2.26 bits per heavy atom. The lowest BCUT2D eigenvalue weighted by atomic mass is 9.82. The normalized spacial score (nSPS) is 23.9. The molecule has 2 aromatic rings. The number of rotatable bonds is 3. The van der Waals surface area contributed by atoms with Crippen molar-refractivity contribution in [3.8, 4) is 0 Å². The third kappa shape index (κ3) is 2.82. The van der Waals surface area contributed by atoms with Gasteiger partial charge in [-0.2, -0.15) is 0 Å². The van der Waals surface area contributed by atoms with Crippen LogP contribution in [0.15, 0.2) is 18.2 Å². The fourth-order valence-electron chi connectivity index (χ4n) is 3.13. The second kappa shape index (κ2) is 5.59. The summed E-state index contributed by atoms with van der Waals surface area (Å²) in [6.45, 7) is 3.05. The first-order valence-corrected chi connectivity index (χ1v) is 7.94. The molecule has 0 spiro atoms. The van der Waals surface area contributed by atoms with E-state index in [1.54, 1.807) is 0 Å². The van der Waals surface area contributed by atoms with Crippen molar-refractivity contribution in [2.75, 3.05) is 13.7 Å². The van der Waals surface area contributed by atoms with Gasteiger partial charge < -0.3 is 4.74 Å². The predicted octanol–water partition coefficient (Wildman–Crippen LogP) is 4.52. The van der Waals surface area contributed by atoms with Crippen molar-refractivity contribution in [3.05, 3.63) is 28.8 Å². The van der Waals surface area contributed by atoms with E-state index in [0.29, 0.717) is 5.92 Å². The van der Waals surface area contributed by atoms with Crippen LogP contribution < -0.4 is 0 Å². The molecule has 2 nitrogen and oxygen atoms in total. The first-order valence-electron chi connectivity index (χ1n) is 7.12. The van der Waals surface area contributed by atoms with Crippen molar-refractivity contribution >= 4 is 21.6 Å². The smallest absolute Gasteiger partial charge is 0.0969 e. The van der Waals surface area contributed by atoms with Gasteiger partial charge in [-0.05, 0) is 49.8 Å². The van der Waals surface area contributed by atoms with Gasteiger partial charge in [0.2, 0.25) is 0 Å². The average Bonchev–Trinajstić information content (AvgIpc) is 2.82. The lowest BCUT2D eigenvalue weighted by Crippen LogP contribution is -2.18. The Balaban J connectivity index is 1.83. The molecular formula is C16H21NOS. The number of ether oxygens (including phenoxy) is 1. The van der Waals surface area contributed by atoms with Crippen LogP contribution in [0.5, 0.6) is 0 Å². The zero-order valence-electron chi connectivity index (χ0n) is 11.7. The lowest BCUT2D eigenvalue weighted by molar-refractivity contribution is 0.125. The molecule has 1 aliphatic carbocycles. The van der Waals surface area contributed by atoms with Gasteiger partial charge in [-0.25, -0.2) is 4.98 Å². The van der Waals surface area contributed by atoms with Crippen molar-refractivity contribution in [2.24, 2.45) is 5.92 Å². The minimum absolute atomic E-state index is 0.645. The number of hydrogen-bond acceptors (Lipinski definition) is 3. The van der Waals surface area contributed by atoms with E-state index in [1.807, 2.05) is 18.4 Å². The van der Waals surface area contributed by atoms with Gasteiger partial charge in [0.05, 0.1) is 15.2 Å². The number of thiazole rings is 1. The van der Waals surface area contributed by atoms with Gasteiger partial charge in [0, 0.05) is 19.6 Å². The molecule has 3 rings (SSSR count). The summed E-state index contributed by atoms with van der Waals surface area (Å²) < 4.78 is 6.66. The maximum absolute atomic E-state index is 5.32. The Morgan fingerprint density at radius 3 is 3.11 bits per heavy atom. The Labute approximate surface area is 118 Å². The Kier molecular flexibility index (Phi) is 3.85. The third-order valence-electron chi connectivity index (χ3n) is 4.09. The molecule has 0 amide bonds. The molecule has 102 valence electrons. The van der Waals surface area contributed by atoms with E-state index in [9.17, 15) is 0 Å². The third-order valence-corrected chi connectivity index (χ3v) is 5.28. The number of benzene rings is 1. The van der Waals surface area contributed by atoms with Gasteiger partial charge in [0.1, 0.15) is 0 Å². The first-order chi connectivity index (χ1) is 9.26. The lowest BCUT2D eigenvalue weighted by Gasteiger charge is -2.27. The molecular weight excluding hydrogens is 254 g/mol. The first kappa shape index (κ1) is 13.1. The standard InChI is InChI=1S/C16H21NOS/c1-11-6-7-14-15(8-11)19-16(17-14)13-5-3-4-12(9-13)10-18-2/h6-8,12-13H,3-5,9-10H2,1-2H3/t12-,13?/m0/s1. The summed E-state index contributed by atoms with van der Waals surface area (Å²) in [5, 5.41) is 1.33. The van der Waals surface area contributed by atoms with Crippen LogP contribution in [0.25, 0.3) is 10.2 Å². The summed E-state index contributed by atoms with van der Waals surface area (Å²) in [7, 11) is 1.81. The fraction of sp³-hybridized carbons (Fsp3) is 0.562. The quantitative estimate of drug-likeness (QED) is 0.821. The van der Waals surface area contributed by atoms with Gasteiger partial charge in [-0.15, -0.1) is 11.3 Å². The molecule has 1 aromatic heterocycles. The van der Waals surface area contributed by atoms with Crippen LogP contribution in [0.1, 0.15) is 42.2 Å². The molecule has 2 atom stereocenters. The molecule has 1 heterocycles. The van der Waals surface area contributed by atoms with E-state index < -0.39 is 0 Å². The second-order valence-corrected chi connectivity index (χ2v) is 6.77. The highest BCUT2D eigenvalue weighted by Gasteiger charge is 2.25. The number of nitrogens with zero attached hydrogens (tertiary/aromatic N) is 1. The fourth-order valence-corrected chi connectivity index (χ4v) is 4.34. The van der Waals surface area contributed by atoms with Crippen molar-refractivity contribution in [1.29, 1.82) is 0 Å². The number of methoxy groups -OCH3 is 1. The molecule has 1 fully saturated rings. The maximum Gasteiger partial charge on any atom is 0.0969 e. The molecule has 0 bridgehead atoms. The van der Waals surface area contributed by atoms with Gasteiger partial charge >= 0.3 is 0 Å². The van der Waals surface area contributed by atoms with Gasteiger partial charge in [-0.3, -0.25) is 0 Å². The monoisotopic (exact) mass is 275 g/mol. The highest BCUT2D eigenvalue weighted by molar-refractivity contribution is 7.18. The molecule has 3 heteroatoms. The molecule has 0 aliphatic heterocycles. The van der Waals surface area contributed by atoms with E-state index in [4.69, 9.17) is 9.72 Å². The molecule has 1 aromatic carbocycles. The highest BCUT2D eigenvalue weighted by atomic mass is 32.1. The maximum atomic E-state index is 5.32. The molecule has 19 heavy (non-hydrogen) atoms. The Morgan fingerprint density at radius 1 is 1.37 bits per heavy atom. The topological polar surface area (TPSA) is 22.1 Å². The van der Waals surface area contributed by atoms with E-state index in [0.717, 1.165) is 12.5 Å². The SMILES string of the molecule is COC[C@H]1CCCC(c2nc3ccc(C)cc3s2)C1. The molecule has 0 radical (unpaired) electrons. The number of aryl methyl sites for hydroxylation is 1. The zero-order valence-corrected chi connectivity index (χ0v) is 12.5. The van der Waals surface area contributed by atoms with Crippen LogP contribution in [-0.4, -0.2) is 18.7 Å². The summed E-state index contributed by atoms with van der Waals surface area (Å²) in [6.07, 6.45) is 5.16. The number of hydrogen-bond donors (Lipinski definition) is 0. The minimum atomic E-state index is 0.645. The van der Waals surface area contributed by atoms with Gasteiger partial charge in [0.25, 0.3) is 0 Å². The van der Waals surface area contributed by atoms with Crippen LogP contribution in [0, 0.1) is 12.8 Å². The number of aromatic nitrogens is 1. The average molecular weight is 275 g/mol. The summed E-state index contributed by atoms with van der Waals surface area (Å²) in [6, 6.07) is 6.56. The van der Waals surface area contributed by atoms with E-state index in [1.165, 1.54) is 46.5 Å². The van der Waals surface area contributed by atoms with Gasteiger partial charge in [-0.1, -0.05) is 12.5 Å². The van der Waals surface area contributed by atoms with Crippen LogP contribution in [0.3, 0.4) is 0 Å². The van der Waals surface area contributed by atoms with E-state index >= 15 is 0 Å². The summed E-state index contributed by atoms with van der Waals surface area (Å²) in [5.41, 5.74) is 2.49. The highest BCUT2D eigenvalue weighted by Crippen LogP contribution is 2.39. The predicted molar refractivity (Wildman–Crippen MR) is 80.9 cm³/mol. The minimum Gasteiger partial charge on any atom is -0.384 e. The zero-order chi connectivity index (χ0) is 13.2. The summed E-state index contributed by atoms with van der Waals surface area (Å²) in [4.78, 5) is 4.85. The molecule has 1 saturated carbocycles. The van der Waals surface area contributed by atoms with Crippen molar-refractivity contribution < 1.29 is 4.74 Å². The van der Waals surface area contributed by atoms with Crippen LogP contribution in [0.4, 0.5) is 0 Å². The summed E-state index contributed by atoms with van der Waals surface area (Å²) >= 11 is 1.89. The largest absolute Gasteiger partial charge is 0.384 e. The molecule has 0 N–H and O–H groups in total. The van der Waals surface area contributed by atoms with Crippen molar-refractivity contribution in [2.45, 2.75) is 38.5 Å². The Hall–Kier alpha value is -0.930. The molecule has 0 saturated heterocycles. The van der Waals surface area contributed by atoms with Crippen LogP contribution in [-0.2, 0) is 4.74 Å². The van der Waals surface area contributed by atoms with E-state index in [-0.39, 0.29) is 0 Å². The molecule has 1 aliphatic rings.